The highest BCUT2D eigenvalue weighted by Crippen LogP contribution is 2.33. The molecule has 19 heavy (non-hydrogen) atoms. The normalized spacial score (nSPS) is 15.4. The van der Waals surface area contributed by atoms with Gasteiger partial charge in [-0.1, -0.05) is 11.6 Å². The molecule has 0 bridgehead atoms. The first-order valence-electron chi connectivity index (χ1n) is 5.64. The molecule has 7 heteroatoms. The Hall–Kier alpha value is -1.43. The molecule has 1 aliphatic rings. The standard InChI is InChI=1S/C12H11ClF3NO2/c13-7-1-4-10(18)9(5-7)11(19)17(8-2-3-8)6-12(14,15)16/h1,4-5,8,18H,2-3,6H2. The molecule has 0 radical (unpaired) electrons. The van der Waals surface area contributed by atoms with Gasteiger partial charge in [0.25, 0.3) is 5.91 Å². The van der Waals surface area contributed by atoms with E-state index in [1.54, 1.807) is 0 Å². The molecule has 0 spiro atoms. The van der Waals surface area contributed by atoms with Crippen LogP contribution in [0.2, 0.25) is 5.02 Å². The van der Waals surface area contributed by atoms with Crippen LogP contribution in [0.25, 0.3) is 0 Å². The van der Waals surface area contributed by atoms with Crippen molar-refractivity contribution in [3.63, 3.8) is 0 Å². The molecule has 1 fully saturated rings. The van der Waals surface area contributed by atoms with Gasteiger partial charge in [0.1, 0.15) is 12.3 Å². The van der Waals surface area contributed by atoms with Crippen LogP contribution in [0.1, 0.15) is 23.2 Å². The number of alkyl halides is 3. The van der Waals surface area contributed by atoms with E-state index >= 15 is 0 Å². The molecule has 0 atom stereocenters. The maximum atomic E-state index is 12.5. The quantitative estimate of drug-likeness (QED) is 0.929. The Kier molecular flexibility index (Phi) is 3.62. The van der Waals surface area contributed by atoms with E-state index in [4.69, 9.17) is 11.6 Å². The SMILES string of the molecule is O=C(c1cc(Cl)ccc1O)N(CC(F)(F)F)C1CC1. The molecule has 0 aliphatic heterocycles. The number of benzene rings is 1. The summed E-state index contributed by atoms with van der Waals surface area (Å²) in [4.78, 5) is 12.8. The largest absolute Gasteiger partial charge is 0.507 e. The van der Waals surface area contributed by atoms with Gasteiger partial charge in [-0.15, -0.1) is 0 Å². The van der Waals surface area contributed by atoms with E-state index in [9.17, 15) is 23.1 Å². The minimum Gasteiger partial charge on any atom is -0.507 e. The summed E-state index contributed by atoms with van der Waals surface area (Å²) in [5.41, 5.74) is -0.205. The number of amides is 1. The zero-order valence-corrected chi connectivity index (χ0v) is 10.5. The van der Waals surface area contributed by atoms with Gasteiger partial charge in [0.2, 0.25) is 0 Å². The molecular weight excluding hydrogens is 283 g/mol. The molecule has 1 saturated carbocycles. The third kappa shape index (κ3) is 3.53. The summed E-state index contributed by atoms with van der Waals surface area (Å²) in [6.07, 6.45) is -3.38. The number of carbonyl (C=O) groups excluding carboxylic acids is 1. The number of hydrogen-bond acceptors (Lipinski definition) is 2. The molecule has 0 saturated heterocycles. The maximum Gasteiger partial charge on any atom is 0.406 e. The lowest BCUT2D eigenvalue weighted by Crippen LogP contribution is -2.40. The molecule has 1 aromatic carbocycles. The third-order valence-electron chi connectivity index (χ3n) is 2.79. The second-order valence-electron chi connectivity index (χ2n) is 4.44. The smallest absolute Gasteiger partial charge is 0.406 e. The van der Waals surface area contributed by atoms with Crippen molar-refractivity contribution in [1.29, 1.82) is 0 Å². The Morgan fingerprint density at radius 2 is 2.05 bits per heavy atom. The van der Waals surface area contributed by atoms with Crippen molar-refractivity contribution in [1.82, 2.24) is 4.90 Å². The number of aromatic hydroxyl groups is 1. The Balaban J connectivity index is 2.26. The molecule has 3 nitrogen and oxygen atoms in total. The van der Waals surface area contributed by atoms with Gasteiger partial charge in [-0.05, 0) is 31.0 Å². The number of phenols is 1. The number of carbonyl (C=O) groups is 1. The van der Waals surface area contributed by atoms with Crippen LogP contribution in [-0.2, 0) is 0 Å². The van der Waals surface area contributed by atoms with Gasteiger partial charge in [0, 0.05) is 11.1 Å². The van der Waals surface area contributed by atoms with Crippen molar-refractivity contribution in [3.8, 4) is 5.75 Å². The fraction of sp³-hybridized carbons (Fsp3) is 0.417. The van der Waals surface area contributed by atoms with Gasteiger partial charge < -0.3 is 10.0 Å². The van der Waals surface area contributed by atoms with Crippen molar-refractivity contribution in [2.24, 2.45) is 0 Å². The van der Waals surface area contributed by atoms with E-state index in [0.717, 1.165) is 4.90 Å². The van der Waals surface area contributed by atoms with Crippen LogP contribution in [0.4, 0.5) is 13.2 Å². The van der Waals surface area contributed by atoms with Gasteiger partial charge in [-0.2, -0.15) is 13.2 Å². The van der Waals surface area contributed by atoms with Gasteiger partial charge in [0.15, 0.2) is 0 Å². The topological polar surface area (TPSA) is 40.5 Å². The van der Waals surface area contributed by atoms with Crippen molar-refractivity contribution >= 4 is 17.5 Å². The third-order valence-corrected chi connectivity index (χ3v) is 3.02. The molecular formula is C12H11ClF3NO2. The molecule has 104 valence electrons. The predicted octanol–water partition coefficient (Wildman–Crippen LogP) is 3.21. The molecule has 1 amide bonds. The molecule has 1 N–H and O–H groups in total. The summed E-state index contributed by atoms with van der Waals surface area (Å²) in [7, 11) is 0. The second kappa shape index (κ2) is 4.92. The first-order chi connectivity index (χ1) is 8.78. The lowest BCUT2D eigenvalue weighted by Gasteiger charge is -2.24. The Morgan fingerprint density at radius 1 is 1.42 bits per heavy atom. The molecule has 1 aromatic rings. The number of rotatable bonds is 3. The minimum absolute atomic E-state index is 0.184. The zero-order chi connectivity index (χ0) is 14.2. The highest BCUT2D eigenvalue weighted by Gasteiger charge is 2.41. The van der Waals surface area contributed by atoms with Crippen LogP contribution in [0, 0.1) is 0 Å². The van der Waals surface area contributed by atoms with Crippen LogP contribution in [0.5, 0.6) is 5.75 Å². The van der Waals surface area contributed by atoms with Crippen LogP contribution in [0.3, 0.4) is 0 Å². The molecule has 0 aromatic heterocycles. The van der Waals surface area contributed by atoms with Crippen LogP contribution in [0.15, 0.2) is 18.2 Å². The first kappa shape index (κ1) is 14.0. The van der Waals surface area contributed by atoms with E-state index < -0.39 is 24.7 Å². The van der Waals surface area contributed by atoms with Crippen LogP contribution >= 0.6 is 11.6 Å². The van der Waals surface area contributed by atoms with Gasteiger partial charge >= 0.3 is 6.18 Å². The van der Waals surface area contributed by atoms with E-state index in [1.165, 1.54) is 18.2 Å². The first-order valence-corrected chi connectivity index (χ1v) is 6.02. The van der Waals surface area contributed by atoms with E-state index in [2.05, 4.69) is 0 Å². The second-order valence-corrected chi connectivity index (χ2v) is 4.88. The Bertz CT molecular complexity index is 500. The lowest BCUT2D eigenvalue weighted by atomic mass is 10.1. The minimum atomic E-state index is -4.47. The van der Waals surface area contributed by atoms with Crippen molar-refractivity contribution in [2.75, 3.05) is 6.54 Å². The summed E-state index contributed by atoms with van der Waals surface area (Å²) < 4.78 is 37.4. The summed E-state index contributed by atoms with van der Waals surface area (Å²) in [6.45, 7) is -1.32. The predicted molar refractivity (Wildman–Crippen MR) is 63.2 cm³/mol. The summed E-state index contributed by atoms with van der Waals surface area (Å²) in [5.74, 6) is -1.22. The zero-order valence-electron chi connectivity index (χ0n) is 9.75. The highest BCUT2D eigenvalue weighted by atomic mass is 35.5. The highest BCUT2D eigenvalue weighted by molar-refractivity contribution is 6.31. The maximum absolute atomic E-state index is 12.5. The summed E-state index contributed by atoms with van der Waals surface area (Å²) in [6, 6.07) is 3.31. The molecule has 0 unspecified atom stereocenters. The van der Waals surface area contributed by atoms with Crippen molar-refractivity contribution < 1.29 is 23.1 Å². The van der Waals surface area contributed by atoms with Gasteiger partial charge in [0.05, 0.1) is 5.56 Å². The fourth-order valence-corrected chi connectivity index (χ4v) is 1.95. The molecule has 1 aliphatic carbocycles. The summed E-state index contributed by atoms with van der Waals surface area (Å²) in [5, 5.41) is 9.75. The summed E-state index contributed by atoms with van der Waals surface area (Å²) >= 11 is 5.69. The molecule has 2 rings (SSSR count). The van der Waals surface area contributed by atoms with Crippen LogP contribution in [-0.4, -0.2) is 34.7 Å². The average Bonchev–Trinajstić information content (AvgIpc) is 3.11. The number of halogens is 4. The van der Waals surface area contributed by atoms with E-state index in [0.29, 0.717) is 12.8 Å². The number of nitrogens with zero attached hydrogens (tertiary/aromatic N) is 1. The molecule has 0 heterocycles. The Morgan fingerprint density at radius 3 is 2.58 bits per heavy atom. The van der Waals surface area contributed by atoms with Crippen molar-refractivity contribution in [2.45, 2.75) is 25.1 Å². The fourth-order valence-electron chi connectivity index (χ4n) is 1.78. The number of phenolic OH excluding ortho intramolecular Hbond substituents is 1. The lowest BCUT2D eigenvalue weighted by molar-refractivity contribution is -0.141. The van der Waals surface area contributed by atoms with Gasteiger partial charge in [-0.3, -0.25) is 4.79 Å². The van der Waals surface area contributed by atoms with E-state index in [1.807, 2.05) is 0 Å². The van der Waals surface area contributed by atoms with Crippen molar-refractivity contribution in [3.05, 3.63) is 28.8 Å². The van der Waals surface area contributed by atoms with Crippen LogP contribution < -0.4 is 0 Å². The monoisotopic (exact) mass is 293 g/mol. The number of hydrogen-bond donors (Lipinski definition) is 1. The van der Waals surface area contributed by atoms with Gasteiger partial charge in [-0.25, -0.2) is 0 Å². The van der Waals surface area contributed by atoms with E-state index in [-0.39, 0.29) is 16.3 Å². The average molecular weight is 294 g/mol. The Labute approximate surface area is 112 Å².